The first-order chi connectivity index (χ1) is 8.61. The van der Waals surface area contributed by atoms with Gasteiger partial charge in [0.25, 0.3) is 0 Å². The van der Waals surface area contributed by atoms with Crippen LogP contribution in [0.3, 0.4) is 0 Å². The van der Waals surface area contributed by atoms with Crippen molar-refractivity contribution >= 4 is 0 Å². The van der Waals surface area contributed by atoms with Crippen LogP contribution in [0.5, 0.6) is 0 Å². The second-order valence-corrected chi connectivity index (χ2v) is 6.08. The SMILES string of the molecule is CC(C)N(CCNCCCN1CCCC1)C(C)C. The van der Waals surface area contributed by atoms with E-state index >= 15 is 0 Å². The molecule has 1 fully saturated rings. The van der Waals surface area contributed by atoms with E-state index in [9.17, 15) is 0 Å². The van der Waals surface area contributed by atoms with E-state index in [1.807, 2.05) is 0 Å². The summed E-state index contributed by atoms with van der Waals surface area (Å²) in [5.74, 6) is 0. The minimum Gasteiger partial charge on any atom is -0.315 e. The summed E-state index contributed by atoms with van der Waals surface area (Å²) >= 11 is 0. The largest absolute Gasteiger partial charge is 0.315 e. The van der Waals surface area contributed by atoms with Crippen LogP contribution in [0.1, 0.15) is 47.0 Å². The molecule has 0 radical (unpaired) electrons. The predicted molar refractivity (Wildman–Crippen MR) is 80.1 cm³/mol. The van der Waals surface area contributed by atoms with Gasteiger partial charge in [0.2, 0.25) is 0 Å². The fraction of sp³-hybridized carbons (Fsp3) is 1.00. The fourth-order valence-electron chi connectivity index (χ4n) is 2.88. The number of nitrogens with one attached hydrogen (secondary N) is 1. The average molecular weight is 255 g/mol. The van der Waals surface area contributed by atoms with Crippen LogP contribution in [-0.4, -0.2) is 61.2 Å². The maximum Gasteiger partial charge on any atom is 0.0112 e. The highest BCUT2D eigenvalue weighted by Crippen LogP contribution is 2.07. The fourth-order valence-corrected chi connectivity index (χ4v) is 2.88. The lowest BCUT2D eigenvalue weighted by molar-refractivity contribution is 0.175. The third-order valence-corrected chi connectivity index (χ3v) is 3.90. The molecule has 0 bridgehead atoms. The first-order valence-electron chi connectivity index (χ1n) is 7.80. The van der Waals surface area contributed by atoms with Gasteiger partial charge in [-0.2, -0.15) is 0 Å². The van der Waals surface area contributed by atoms with Crippen molar-refractivity contribution < 1.29 is 0 Å². The standard InChI is InChI=1S/C15H33N3/c1-14(2)18(15(3)4)13-9-16-8-7-12-17-10-5-6-11-17/h14-16H,5-13H2,1-4H3. The molecule has 1 aliphatic heterocycles. The van der Waals surface area contributed by atoms with Crippen LogP contribution in [0.4, 0.5) is 0 Å². The molecule has 0 unspecified atom stereocenters. The lowest BCUT2D eigenvalue weighted by atomic mass is 10.2. The van der Waals surface area contributed by atoms with Gasteiger partial charge < -0.3 is 10.2 Å². The van der Waals surface area contributed by atoms with Gasteiger partial charge >= 0.3 is 0 Å². The monoisotopic (exact) mass is 255 g/mol. The van der Waals surface area contributed by atoms with Crippen molar-refractivity contribution in [2.75, 3.05) is 39.3 Å². The van der Waals surface area contributed by atoms with Crippen molar-refractivity contribution in [3.63, 3.8) is 0 Å². The van der Waals surface area contributed by atoms with Gasteiger partial charge in [-0.3, -0.25) is 4.90 Å². The number of hydrogen-bond acceptors (Lipinski definition) is 3. The van der Waals surface area contributed by atoms with Gasteiger partial charge in [0.15, 0.2) is 0 Å². The van der Waals surface area contributed by atoms with E-state index in [-0.39, 0.29) is 0 Å². The summed E-state index contributed by atoms with van der Waals surface area (Å²) in [7, 11) is 0. The molecule has 108 valence electrons. The second-order valence-electron chi connectivity index (χ2n) is 6.08. The van der Waals surface area contributed by atoms with E-state index in [4.69, 9.17) is 0 Å². The zero-order valence-electron chi connectivity index (χ0n) is 12.9. The molecule has 3 nitrogen and oxygen atoms in total. The number of nitrogens with zero attached hydrogens (tertiary/aromatic N) is 2. The molecule has 0 saturated carbocycles. The van der Waals surface area contributed by atoms with Gasteiger partial charge in [-0.1, -0.05) is 0 Å². The molecule has 0 amide bonds. The highest BCUT2D eigenvalue weighted by atomic mass is 15.2. The number of hydrogen-bond donors (Lipinski definition) is 1. The molecule has 1 aliphatic rings. The first kappa shape index (κ1) is 15.9. The maximum absolute atomic E-state index is 3.58. The minimum absolute atomic E-state index is 0.649. The third kappa shape index (κ3) is 6.17. The van der Waals surface area contributed by atoms with Crippen LogP contribution in [0.2, 0.25) is 0 Å². The van der Waals surface area contributed by atoms with Gasteiger partial charge in [-0.15, -0.1) is 0 Å². The smallest absolute Gasteiger partial charge is 0.0112 e. The van der Waals surface area contributed by atoms with Crippen molar-refractivity contribution in [1.29, 1.82) is 0 Å². The van der Waals surface area contributed by atoms with Crippen LogP contribution >= 0.6 is 0 Å². The minimum atomic E-state index is 0.649. The van der Waals surface area contributed by atoms with Crippen LogP contribution < -0.4 is 5.32 Å². The summed E-state index contributed by atoms with van der Waals surface area (Å²) in [6, 6.07) is 1.30. The molecule has 1 saturated heterocycles. The quantitative estimate of drug-likeness (QED) is 0.637. The van der Waals surface area contributed by atoms with E-state index in [2.05, 4.69) is 42.8 Å². The molecule has 0 aromatic heterocycles. The Hall–Kier alpha value is -0.120. The maximum atomic E-state index is 3.58. The molecule has 0 spiro atoms. The Labute approximate surface area is 114 Å². The zero-order chi connectivity index (χ0) is 13.4. The summed E-state index contributed by atoms with van der Waals surface area (Å²) < 4.78 is 0. The lowest BCUT2D eigenvalue weighted by Crippen LogP contribution is -2.41. The van der Waals surface area contributed by atoms with Crippen molar-refractivity contribution in [2.24, 2.45) is 0 Å². The summed E-state index contributed by atoms with van der Waals surface area (Å²) in [6.45, 7) is 16.5. The molecule has 18 heavy (non-hydrogen) atoms. The Bertz CT molecular complexity index is 190. The Kier molecular flexibility index (Phi) is 7.87. The third-order valence-electron chi connectivity index (χ3n) is 3.90. The summed E-state index contributed by atoms with van der Waals surface area (Å²) in [5, 5.41) is 3.58. The van der Waals surface area contributed by atoms with Gasteiger partial charge in [0.05, 0.1) is 0 Å². The normalized spacial score (nSPS) is 17.5. The van der Waals surface area contributed by atoms with E-state index in [1.165, 1.54) is 52.0 Å². The van der Waals surface area contributed by atoms with E-state index in [1.54, 1.807) is 0 Å². The van der Waals surface area contributed by atoms with Crippen LogP contribution in [0.25, 0.3) is 0 Å². The molecule has 0 aromatic rings. The molecule has 1 rings (SSSR count). The van der Waals surface area contributed by atoms with Gasteiger partial charge in [-0.05, 0) is 73.1 Å². The number of rotatable bonds is 9. The highest BCUT2D eigenvalue weighted by Gasteiger charge is 2.12. The van der Waals surface area contributed by atoms with E-state index in [0.717, 1.165) is 6.54 Å². The molecule has 0 aromatic carbocycles. The summed E-state index contributed by atoms with van der Waals surface area (Å²) in [4.78, 5) is 5.14. The van der Waals surface area contributed by atoms with E-state index < -0.39 is 0 Å². The Morgan fingerprint density at radius 3 is 2.17 bits per heavy atom. The summed E-state index contributed by atoms with van der Waals surface area (Å²) in [5.41, 5.74) is 0. The predicted octanol–water partition coefficient (Wildman–Crippen LogP) is 2.18. The topological polar surface area (TPSA) is 18.5 Å². The zero-order valence-corrected chi connectivity index (χ0v) is 12.9. The van der Waals surface area contributed by atoms with Gasteiger partial charge in [0.1, 0.15) is 0 Å². The summed E-state index contributed by atoms with van der Waals surface area (Å²) in [6.07, 6.45) is 4.11. The molecule has 3 heteroatoms. The van der Waals surface area contributed by atoms with Gasteiger partial charge in [0, 0.05) is 25.2 Å². The molecule has 1 heterocycles. The molecular weight excluding hydrogens is 222 g/mol. The Morgan fingerprint density at radius 2 is 1.61 bits per heavy atom. The van der Waals surface area contributed by atoms with Crippen LogP contribution in [0, 0.1) is 0 Å². The van der Waals surface area contributed by atoms with Crippen LogP contribution in [0.15, 0.2) is 0 Å². The molecular formula is C15H33N3. The van der Waals surface area contributed by atoms with Crippen molar-refractivity contribution in [1.82, 2.24) is 15.1 Å². The second kappa shape index (κ2) is 8.89. The first-order valence-corrected chi connectivity index (χ1v) is 7.80. The Balaban J connectivity index is 1.96. The Morgan fingerprint density at radius 1 is 1.00 bits per heavy atom. The number of likely N-dealkylation sites (tertiary alicyclic amines) is 1. The van der Waals surface area contributed by atoms with E-state index in [0.29, 0.717) is 12.1 Å². The van der Waals surface area contributed by atoms with Crippen molar-refractivity contribution in [3.05, 3.63) is 0 Å². The molecule has 0 atom stereocenters. The van der Waals surface area contributed by atoms with Gasteiger partial charge in [-0.25, -0.2) is 0 Å². The van der Waals surface area contributed by atoms with Crippen molar-refractivity contribution in [2.45, 2.75) is 59.0 Å². The lowest BCUT2D eigenvalue weighted by Gasteiger charge is -2.30. The average Bonchev–Trinajstić information content (AvgIpc) is 2.79. The molecule has 0 aliphatic carbocycles. The van der Waals surface area contributed by atoms with Crippen molar-refractivity contribution in [3.8, 4) is 0 Å². The van der Waals surface area contributed by atoms with Crippen LogP contribution in [-0.2, 0) is 0 Å². The molecule has 1 N–H and O–H groups in total. The highest BCUT2D eigenvalue weighted by molar-refractivity contribution is 4.69.